The second-order valence-corrected chi connectivity index (χ2v) is 24.9. The van der Waals surface area contributed by atoms with E-state index in [1.54, 1.807) is 12.2 Å². The van der Waals surface area contributed by atoms with Gasteiger partial charge in [-0.2, -0.15) is 0 Å². The fraction of sp³-hybridized carbons (Fsp3) is 0.809. The normalized spacial score (nSPS) is 27.4. The van der Waals surface area contributed by atoms with Crippen LogP contribution in [-0.4, -0.2) is 51.0 Å². The van der Waals surface area contributed by atoms with Gasteiger partial charge in [0.25, 0.3) is 0 Å². The van der Waals surface area contributed by atoms with Crippen LogP contribution >= 0.6 is 0 Å². The standard InChI is InChI=1S/C16H30O.C13H24O.C11H20O.C10H16O.C9H16O.C9H14O/c1-4-13(2)7-5-8-14(3)11-12-15-9-6-10-16(15)17;1-3-4-5-6-7-12-8-11(2)9-13(14)10-12;1-3-4-5-10-6-9(2)7-11(12)8-10;1-3-4-9-5-8(2)6-10(11)7-9;2*1-3-8-4-7(2)5-9(10)6-8/h13-15H,4-12H2,1-3H3;9,12-14H,3-8,10H2,1-2H3;7,10-12H,3-6,8H2,1-2H3;6,9H,3-5,7H2,1-2H3;5,8-10H,3-4,6H2,1-2H3;5,8H,3-4,6H2,1-2H3. The van der Waals surface area contributed by atoms with Gasteiger partial charge in [-0.1, -0.05) is 204 Å². The monoisotopic (exact) mass is 1030 g/mol. The van der Waals surface area contributed by atoms with Crippen LogP contribution in [0.25, 0.3) is 0 Å². The van der Waals surface area contributed by atoms with E-state index >= 15 is 0 Å². The zero-order valence-corrected chi connectivity index (χ0v) is 50.7. The van der Waals surface area contributed by atoms with Gasteiger partial charge in [-0.05, 0) is 165 Å². The zero-order valence-electron chi connectivity index (χ0n) is 50.7. The number of ketones is 3. The average Bonchev–Trinajstić information content (AvgIpc) is 3.75. The van der Waals surface area contributed by atoms with Crippen molar-refractivity contribution in [1.29, 1.82) is 0 Å². The third kappa shape index (κ3) is 34.4. The molecular weight excluding hydrogens is 913 g/mol. The first-order valence-electron chi connectivity index (χ1n) is 31.2. The molecule has 6 aliphatic rings. The summed E-state index contributed by atoms with van der Waals surface area (Å²) in [5.41, 5.74) is 6.62. The fourth-order valence-electron chi connectivity index (χ4n) is 12.3. The van der Waals surface area contributed by atoms with E-state index in [0.29, 0.717) is 35.1 Å². The summed E-state index contributed by atoms with van der Waals surface area (Å²) in [6, 6.07) is 0. The topological polar surface area (TPSA) is 112 Å². The van der Waals surface area contributed by atoms with Crippen molar-refractivity contribution in [2.75, 3.05) is 0 Å². The predicted molar refractivity (Wildman–Crippen MR) is 318 cm³/mol. The summed E-state index contributed by atoms with van der Waals surface area (Å²) in [4.78, 5) is 33.6. The van der Waals surface area contributed by atoms with Crippen molar-refractivity contribution in [2.24, 2.45) is 47.3 Å². The van der Waals surface area contributed by atoms with E-state index in [4.69, 9.17) is 0 Å². The third-order valence-electron chi connectivity index (χ3n) is 16.8. The maximum atomic E-state index is 11.5. The number of carbonyl (C=O) groups is 3. The molecule has 6 rings (SSSR count). The molecule has 0 spiro atoms. The van der Waals surface area contributed by atoms with Crippen molar-refractivity contribution in [2.45, 2.75) is 307 Å². The molecule has 0 saturated heterocycles. The SMILES string of the molecule is CCC(C)CCCC(C)CCC1CCCC1=O.CCC1CC(=O)C=C(C)C1.CCC1CC(C)=CC(O)C1.CCCC1CC(=O)C=C(C)C1.CCCCC1CC(C)=CC(O)C1.CCCCCCC1CC(C)=CC(O)C1. The summed E-state index contributed by atoms with van der Waals surface area (Å²) in [5, 5.41) is 28.4. The Hall–Kier alpha value is -2.41. The summed E-state index contributed by atoms with van der Waals surface area (Å²) in [6.07, 6.45) is 45.7. The van der Waals surface area contributed by atoms with E-state index < -0.39 is 0 Å². The second-order valence-electron chi connectivity index (χ2n) is 24.9. The number of hydrogen-bond donors (Lipinski definition) is 3. The molecule has 6 heteroatoms. The largest absolute Gasteiger partial charge is 0.389 e. The molecule has 3 N–H and O–H groups in total. The van der Waals surface area contributed by atoms with Gasteiger partial charge in [0, 0.05) is 25.2 Å². The molecule has 0 heterocycles. The minimum absolute atomic E-state index is 0.166. The molecule has 0 bridgehead atoms. The van der Waals surface area contributed by atoms with Crippen LogP contribution in [0.1, 0.15) is 289 Å². The highest BCUT2D eigenvalue weighted by molar-refractivity contribution is 5.91. The highest BCUT2D eigenvalue weighted by Crippen LogP contribution is 2.32. The maximum absolute atomic E-state index is 11.5. The Morgan fingerprint density at radius 2 is 0.919 bits per heavy atom. The van der Waals surface area contributed by atoms with Gasteiger partial charge in [0.1, 0.15) is 5.78 Å². The molecule has 11 unspecified atom stereocenters. The van der Waals surface area contributed by atoms with Gasteiger partial charge in [-0.15, -0.1) is 0 Å². The minimum Gasteiger partial charge on any atom is -0.389 e. The zero-order chi connectivity index (χ0) is 55.4. The molecule has 11 atom stereocenters. The first-order chi connectivity index (χ1) is 35.2. The number of Topliss-reactive ketones (excluding diaryl/α,β-unsaturated/α-hetero) is 1. The van der Waals surface area contributed by atoms with Crippen LogP contribution in [0.15, 0.2) is 58.2 Å². The Balaban J connectivity index is 0.000000449. The second kappa shape index (κ2) is 41.7. The highest BCUT2D eigenvalue weighted by atomic mass is 16.3. The Morgan fingerprint density at radius 3 is 1.36 bits per heavy atom. The summed E-state index contributed by atoms with van der Waals surface area (Å²) < 4.78 is 0. The average molecular weight is 1030 g/mol. The van der Waals surface area contributed by atoms with E-state index in [2.05, 4.69) is 83.1 Å². The molecule has 0 aromatic rings. The summed E-state index contributed by atoms with van der Waals surface area (Å²) in [7, 11) is 0. The van der Waals surface area contributed by atoms with Gasteiger partial charge in [0.2, 0.25) is 0 Å². The van der Waals surface area contributed by atoms with Crippen LogP contribution in [0.2, 0.25) is 0 Å². The number of unbranched alkanes of at least 4 members (excludes halogenated alkanes) is 4. The van der Waals surface area contributed by atoms with E-state index in [1.165, 1.54) is 156 Å². The van der Waals surface area contributed by atoms with Crippen molar-refractivity contribution in [3.05, 3.63) is 58.2 Å². The number of allylic oxidation sites excluding steroid dienone is 7. The number of aliphatic hydroxyl groups excluding tert-OH is 3. The van der Waals surface area contributed by atoms with E-state index in [-0.39, 0.29) is 18.3 Å². The molecule has 0 radical (unpaired) electrons. The number of rotatable bonds is 20. The summed E-state index contributed by atoms with van der Waals surface area (Å²) in [6.45, 7) is 28.4. The molecule has 0 aromatic carbocycles. The van der Waals surface area contributed by atoms with Crippen LogP contribution < -0.4 is 0 Å². The van der Waals surface area contributed by atoms with Crippen molar-refractivity contribution < 1.29 is 29.7 Å². The first-order valence-corrected chi connectivity index (χ1v) is 31.2. The fourth-order valence-corrected chi connectivity index (χ4v) is 12.3. The van der Waals surface area contributed by atoms with Crippen molar-refractivity contribution in [1.82, 2.24) is 0 Å². The Bertz CT molecular complexity index is 1680. The molecule has 1 fully saturated rings. The van der Waals surface area contributed by atoms with Crippen LogP contribution in [-0.2, 0) is 14.4 Å². The third-order valence-corrected chi connectivity index (χ3v) is 16.8. The van der Waals surface area contributed by atoms with Crippen LogP contribution in [0.3, 0.4) is 0 Å². The summed E-state index contributed by atoms with van der Waals surface area (Å²) in [5.74, 6) is 6.77. The molecule has 6 aliphatic carbocycles. The van der Waals surface area contributed by atoms with Gasteiger partial charge in [-0.25, -0.2) is 0 Å². The smallest absolute Gasteiger partial charge is 0.155 e. The van der Waals surface area contributed by atoms with E-state index in [0.717, 1.165) is 100 Å². The Kier molecular flexibility index (Phi) is 39.2. The number of carbonyl (C=O) groups excluding carboxylic acids is 3. The molecule has 74 heavy (non-hydrogen) atoms. The van der Waals surface area contributed by atoms with E-state index in [1.807, 2.05) is 25.2 Å². The highest BCUT2D eigenvalue weighted by Gasteiger charge is 2.25. The van der Waals surface area contributed by atoms with Crippen molar-refractivity contribution in [3.63, 3.8) is 0 Å². The molecule has 428 valence electrons. The Labute approximate surface area is 458 Å². The predicted octanol–water partition coefficient (Wildman–Crippen LogP) is 18.7. The molecule has 0 aromatic heterocycles. The molecule has 0 amide bonds. The van der Waals surface area contributed by atoms with Crippen LogP contribution in [0.4, 0.5) is 0 Å². The van der Waals surface area contributed by atoms with Gasteiger partial charge in [0.05, 0.1) is 18.3 Å². The van der Waals surface area contributed by atoms with Gasteiger partial charge in [0.15, 0.2) is 11.6 Å². The minimum atomic E-state index is -0.168. The van der Waals surface area contributed by atoms with Crippen LogP contribution in [0, 0.1) is 47.3 Å². The number of hydrogen-bond acceptors (Lipinski definition) is 6. The Morgan fingerprint density at radius 1 is 0.459 bits per heavy atom. The van der Waals surface area contributed by atoms with Crippen LogP contribution in [0.5, 0.6) is 0 Å². The van der Waals surface area contributed by atoms with Crippen molar-refractivity contribution >= 4 is 17.3 Å². The quantitative estimate of drug-likeness (QED) is 0.0827. The lowest BCUT2D eigenvalue weighted by atomic mass is 9.84. The van der Waals surface area contributed by atoms with Gasteiger partial charge < -0.3 is 15.3 Å². The lowest BCUT2D eigenvalue weighted by Gasteiger charge is -2.24. The van der Waals surface area contributed by atoms with E-state index in [9.17, 15) is 29.7 Å². The number of aliphatic hydroxyl groups is 3. The van der Waals surface area contributed by atoms with Gasteiger partial charge in [-0.3, -0.25) is 14.4 Å². The van der Waals surface area contributed by atoms with Crippen molar-refractivity contribution in [3.8, 4) is 0 Å². The molecule has 1 saturated carbocycles. The molecule has 0 aliphatic heterocycles. The maximum Gasteiger partial charge on any atom is 0.155 e. The van der Waals surface area contributed by atoms with Gasteiger partial charge >= 0.3 is 0 Å². The summed E-state index contributed by atoms with van der Waals surface area (Å²) >= 11 is 0. The lowest BCUT2D eigenvalue weighted by Crippen LogP contribution is -2.17. The molecular formula is C68H120O6. The lowest BCUT2D eigenvalue weighted by molar-refractivity contribution is -0.121. The molecule has 6 nitrogen and oxygen atoms in total. The first kappa shape index (κ1) is 69.6.